The largest absolute Gasteiger partial charge is 0.484 e. The van der Waals surface area contributed by atoms with Gasteiger partial charge in [-0.25, -0.2) is 0 Å². The van der Waals surface area contributed by atoms with Gasteiger partial charge in [-0.1, -0.05) is 0 Å². The number of carbonyl (C=O) groups is 1. The van der Waals surface area contributed by atoms with Crippen LogP contribution in [0.3, 0.4) is 0 Å². The summed E-state index contributed by atoms with van der Waals surface area (Å²) < 4.78 is 6.49. The summed E-state index contributed by atoms with van der Waals surface area (Å²) >= 11 is 2.22. The SMILES string of the molecule is CNCCCNC(=O)COc1ccc(I)cc1.Cl. The first-order chi connectivity index (χ1) is 8.22. The maximum absolute atomic E-state index is 11.4. The zero-order chi connectivity index (χ0) is 12.5. The van der Waals surface area contributed by atoms with E-state index < -0.39 is 0 Å². The van der Waals surface area contributed by atoms with E-state index in [1.807, 2.05) is 31.3 Å². The predicted molar refractivity (Wildman–Crippen MR) is 83.5 cm³/mol. The third kappa shape index (κ3) is 7.73. The van der Waals surface area contributed by atoms with Gasteiger partial charge < -0.3 is 15.4 Å². The molecule has 1 amide bonds. The third-order valence-corrected chi connectivity index (χ3v) is 2.83. The molecule has 1 rings (SSSR count). The van der Waals surface area contributed by atoms with Crippen molar-refractivity contribution in [2.45, 2.75) is 6.42 Å². The van der Waals surface area contributed by atoms with Gasteiger partial charge in [0.2, 0.25) is 0 Å². The zero-order valence-corrected chi connectivity index (χ0v) is 13.2. The van der Waals surface area contributed by atoms with Crippen LogP contribution in [0.2, 0.25) is 0 Å². The Morgan fingerprint density at radius 2 is 1.94 bits per heavy atom. The van der Waals surface area contributed by atoms with Crippen LogP contribution in [0.1, 0.15) is 6.42 Å². The molecule has 102 valence electrons. The van der Waals surface area contributed by atoms with Gasteiger partial charge in [-0.05, 0) is 66.9 Å². The summed E-state index contributed by atoms with van der Waals surface area (Å²) in [6.45, 7) is 1.65. The van der Waals surface area contributed by atoms with E-state index >= 15 is 0 Å². The van der Waals surface area contributed by atoms with Crippen LogP contribution in [0.4, 0.5) is 0 Å². The molecule has 0 aliphatic carbocycles. The second-order valence-electron chi connectivity index (χ2n) is 3.55. The molecule has 0 heterocycles. The van der Waals surface area contributed by atoms with E-state index in [2.05, 4.69) is 33.2 Å². The monoisotopic (exact) mass is 384 g/mol. The van der Waals surface area contributed by atoms with E-state index in [1.165, 1.54) is 0 Å². The fraction of sp³-hybridized carbons (Fsp3) is 0.417. The smallest absolute Gasteiger partial charge is 0.257 e. The number of ether oxygens (including phenoxy) is 1. The summed E-state index contributed by atoms with van der Waals surface area (Å²) in [5, 5.41) is 5.81. The number of hydrogen-bond acceptors (Lipinski definition) is 3. The average molecular weight is 385 g/mol. The van der Waals surface area contributed by atoms with Crippen LogP contribution in [0.15, 0.2) is 24.3 Å². The molecule has 0 saturated heterocycles. The lowest BCUT2D eigenvalue weighted by atomic mass is 10.3. The molecule has 18 heavy (non-hydrogen) atoms. The number of hydrogen-bond donors (Lipinski definition) is 2. The molecule has 0 fully saturated rings. The van der Waals surface area contributed by atoms with Gasteiger partial charge in [-0.2, -0.15) is 0 Å². The first-order valence-electron chi connectivity index (χ1n) is 5.52. The Morgan fingerprint density at radius 3 is 2.56 bits per heavy atom. The van der Waals surface area contributed by atoms with Crippen LogP contribution < -0.4 is 15.4 Å². The fourth-order valence-electron chi connectivity index (χ4n) is 1.22. The van der Waals surface area contributed by atoms with Crippen LogP contribution in [-0.2, 0) is 4.79 Å². The summed E-state index contributed by atoms with van der Waals surface area (Å²) in [5.41, 5.74) is 0. The Kier molecular flexibility index (Phi) is 10.1. The number of rotatable bonds is 7. The lowest BCUT2D eigenvalue weighted by molar-refractivity contribution is -0.123. The van der Waals surface area contributed by atoms with Crippen molar-refractivity contribution >= 4 is 40.9 Å². The molecule has 0 atom stereocenters. The quantitative estimate of drug-likeness (QED) is 0.557. The van der Waals surface area contributed by atoms with Crippen molar-refractivity contribution < 1.29 is 9.53 Å². The Balaban J connectivity index is 0.00000289. The Labute approximate surface area is 127 Å². The molecule has 0 aliphatic heterocycles. The number of amides is 1. The van der Waals surface area contributed by atoms with Gasteiger partial charge in [0.1, 0.15) is 5.75 Å². The first kappa shape index (κ1) is 17.5. The van der Waals surface area contributed by atoms with Gasteiger partial charge in [0.05, 0.1) is 0 Å². The average Bonchev–Trinajstić information content (AvgIpc) is 2.34. The van der Waals surface area contributed by atoms with Crippen LogP contribution in [0, 0.1) is 3.57 Å². The summed E-state index contributed by atoms with van der Waals surface area (Å²) in [6, 6.07) is 7.60. The van der Waals surface area contributed by atoms with Crippen molar-refractivity contribution in [3.8, 4) is 5.75 Å². The topological polar surface area (TPSA) is 50.4 Å². The van der Waals surface area contributed by atoms with Gasteiger partial charge in [-0.15, -0.1) is 12.4 Å². The van der Waals surface area contributed by atoms with Crippen LogP contribution in [0.25, 0.3) is 0 Å². The van der Waals surface area contributed by atoms with E-state index in [0.29, 0.717) is 6.54 Å². The molecule has 4 nitrogen and oxygen atoms in total. The van der Waals surface area contributed by atoms with Crippen molar-refractivity contribution in [1.29, 1.82) is 0 Å². The van der Waals surface area contributed by atoms with Crippen molar-refractivity contribution in [3.05, 3.63) is 27.8 Å². The Hall–Kier alpha value is -0.530. The summed E-state index contributed by atoms with van der Waals surface area (Å²) in [7, 11) is 1.89. The summed E-state index contributed by atoms with van der Waals surface area (Å²) in [5.74, 6) is 0.635. The molecular weight excluding hydrogens is 367 g/mol. The van der Waals surface area contributed by atoms with Crippen LogP contribution in [-0.4, -0.2) is 32.7 Å². The maximum atomic E-state index is 11.4. The highest BCUT2D eigenvalue weighted by atomic mass is 127. The number of benzene rings is 1. The minimum absolute atomic E-state index is 0. The predicted octanol–water partition coefficient (Wildman–Crippen LogP) is 1.82. The van der Waals surface area contributed by atoms with E-state index in [-0.39, 0.29) is 24.9 Å². The van der Waals surface area contributed by atoms with Gasteiger partial charge in [-0.3, -0.25) is 4.79 Å². The highest BCUT2D eigenvalue weighted by molar-refractivity contribution is 14.1. The normalized spacial score (nSPS) is 9.44. The highest BCUT2D eigenvalue weighted by Crippen LogP contribution is 2.12. The van der Waals surface area contributed by atoms with E-state index in [0.717, 1.165) is 22.3 Å². The van der Waals surface area contributed by atoms with Gasteiger partial charge in [0.25, 0.3) is 5.91 Å². The summed E-state index contributed by atoms with van der Waals surface area (Å²) in [6.07, 6.45) is 0.922. The molecule has 0 saturated carbocycles. The Bertz CT molecular complexity index is 346. The third-order valence-electron chi connectivity index (χ3n) is 2.11. The molecule has 6 heteroatoms. The van der Waals surface area contributed by atoms with Gasteiger partial charge >= 0.3 is 0 Å². The molecule has 0 bridgehead atoms. The Morgan fingerprint density at radius 1 is 1.28 bits per heavy atom. The van der Waals surface area contributed by atoms with Crippen molar-refractivity contribution in [2.75, 3.05) is 26.7 Å². The molecule has 1 aromatic carbocycles. The number of carbonyl (C=O) groups excluding carboxylic acids is 1. The standard InChI is InChI=1S/C12H17IN2O2.ClH/c1-14-7-2-8-15-12(16)9-17-11-5-3-10(13)4-6-11;/h3-6,14H,2,7-9H2,1H3,(H,15,16);1H. The van der Waals surface area contributed by atoms with E-state index in [9.17, 15) is 4.79 Å². The molecule has 0 unspecified atom stereocenters. The zero-order valence-electron chi connectivity index (χ0n) is 10.2. The maximum Gasteiger partial charge on any atom is 0.257 e. The highest BCUT2D eigenvalue weighted by Gasteiger charge is 2.01. The molecule has 0 aliphatic rings. The number of nitrogens with one attached hydrogen (secondary N) is 2. The van der Waals surface area contributed by atoms with Crippen LogP contribution >= 0.6 is 35.0 Å². The van der Waals surface area contributed by atoms with E-state index in [4.69, 9.17) is 4.74 Å². The van der Waals surface area contributed by atoms with Gasteiger partial charge in [0.15, 0.2) is 6.61 Å². The van der Waals surface area contributed by atoms with E-state index in [1.54, 1.807) is 0 Å². The van der Waals surface area contributed by atoms with Crippen LogP contribution in [0.5, 0.6) is 5.75 Å². The second kappa shape index (κ2) is 10.4. The van der Waals surface area contributed by atoms with Crippen molar-refractivity contribution in [1.82, 2.24) is 10.6 Å². The molecule has 0 spiro atoms. The molecule has 2 N–H and O–H groups in total. The van der Waals surface area contributed by atoms with Crippen molar-refractivity contribution in [3.63, 3.8) is 0 Å². The molecule has 0 aromatic heterocycles. The van der Waals surface area contributed by atoms with Gasteiger partial charge in [0, 0.05) is 10.1 Å². The number of halogens is 2. The molecule has 1 aromatic rings. The lowest BCUT2D eigenvalue weighted by Crippen LogP contribution is -2.30. The first-order valence-corrected chi connectivity index (χ1v) is 6.60. The second-order valence-corrected chi connectivity index (χ2v) is 4.80. The molecular formula is C12H18ClIN2O2. The minimum Gasteiger partial charge on any atom is -0.484 e. The molecule has 0 radical (unpaired) electrons. The summed E-state index contributed by atoms with van der Waals surface area (Å²) in [4.78, 5) is 11.4. The van der Waals surface area contributed by atoms with Crippen molar-refractivity contribution in [2.24, 2.45) is 0 Å². The minimum atomic E-state index is -0.0837. The lowest BCUT2D eigenvalue weighted by Gasteiger charge is -2.07. The fourth-order valence-corrected chi connectivity index (χ4v) is 1.58.